The summed E-state index contributed by atoms with van der Waals surface area (Å²) in [6.07, 6.45) is 1.73. The van der Waals surface area contributed by atoms with E-state index in [0.717, 1.165) is 19.6 Å². The number of ether oxygens (including phenoxy) is 1. The van der Waals surface area contributed by atoms with Crippen LogP contribution in [0.2, 0.25) is 0 Å². The molecular weight excluding hydrogens is 378 g/mol. The third-order valence-corrected chi connectivity index (χ3v) is 5.39. The highest BCUT2D eigenvalue weighted by Crippen LogP contribution is 2.24. The molecule has 1 saturated heterocycles. The van der Waals surface area contributed by atoms with Gasteiger partial charge < -0.3 is 20.3 Å². The van der Waals surface area contributed by atoms with Gasteiger partial charge in [0.15, 0.2) is 0 Å². The topological polar surface area (TPSA) is 70.7 Å². The number of amides is 2. The lowest BCUT2D eigenvalue weighted by Gasteiger charge is -2.34. The molecule has 0 bridgehead atoms. The van der Waals surface area contributed by atoms with Crippen LogP contribution in [-0.2, 0) is 4.79 Å². The first kappa shape index (κ1) is 21.8. The molecule has 3 rings (SSSR count). The summed E-state index contributed by atoms with van der Waals surface area (Å²) < 4.78 is 5.26. The molecule has 2 amide bonds. The fourth-order valence-electron chi connectivity index (χ4n) is 4.11. The maximum Gasteiger partial charge on any atom is 0.255 e. The molecule has 160 valence electrons. The molecule has 30 heavy (non-hydrogen) atoms. The van der Waals surface area contributed by atoms with Gasteiger partial charge in [0.2, 0.25) is 5.91 Å². The van der Waals surface area contributed by atoms with E-state index in [1.807, 2.05) is 12.1 Å². The van der Waals surface area contributed by atoms with E-state index in [1.165, 1.54) is 6.42 Å². The van der Waals surface area contributed by atoms with Crippen LogP contribution in [0.4, 0.5) is 11.4 Å². The molecular formula is C24H31N3O3. The normalized spacial score (nSPS) is 19.2. The quantitative estimate of drug-likeness (QED) is 0.717. The Kier molecular flexibility index (Phi) is 7.46. The summed E-state index contributed by atoms with van der Waals surface area (Å²) in [7, 11) is 1.56. The Morgan fingerprint density at radius 3 is 2.33 bits per heavy atom. The van der Waals surface area contributed by atoms with Gasteiger partial charge in [0.25, 0.3) is 5.91 Å². The maximum absolute atomic E-state index is 12.5. The standard InChI is InChI=1S/C24H31N3O3/c1-17-14-18(2)16-27(15-17)13-12-23(28)25-20-10-8-19(9-11-20)24(29)26-21-6-4-5-7-22(21)30-3/h4-11,17-18H,12-16H2,1-3H3,(H,25,28)(H,26,29). The van der Waals surface area contributed by atoms with Gasteiger partial charge in [-0.05, 0) is 54.7 Å². The van der Waals surface area contributed by atoms with Crippen molar-refractivity contribution in [2.24, 2.45) is 11.8 Å². The fraction of sp³-hybridized carbons (Fsp3) is 0.417. The molecule has 0 aliphatic carbocycles. The number of nitrogens with one attached hydrogen (secondary N) is 2. The number of carbonyl (C=O) groups excluding carboxylic acids is 2. The lowest BCUT2D eigenvalue weighted by molar-refractivity contribution is -0.116. The second kappa shape index (κ2) is 10.3. The molecule has 2 atom stereocenters. The van der Waals surface area contributed by atoms with Crippen molar-refractivity contribution in [2.45, 2.75) is 26.7 Å². The molecule has 1 aliphatic rings. The molecule has 2 unspecified atom stereocenters. The number of methoxy groups -OCH3 is 1. The van der Waals surface area contributed by atoms with Gasteiger partial charge in [-0.25, -0.2) is 0 Å². The minimum absolute atomic E-state index is 0.00731. The second-order valence-electron chi connectivity index (χ2n) is 8.24. The van der Waals surface area contributed by atoms with E-state index >= 15 is 0 Å². The van der Waals surface area contributed by atoms with Crippen molar-refractivity contribution in [3.63, 3.8) is 0 Å². The summed E-state index contributed by atoms with van der Waals surface area (Å²) in [6, 6.07) is 14.2. The number of nitrogens with zero attached hydrogens (tertiary/aromatic N) is 1. The van der Waals surface area contributed by atoms with Gasteiger partial charge in [0, 0.05) is 37.3 Å². The Balaban J connectivity index is 1.50. The lowest BCUT2D eigenvalue weighted by atomic mass is 9.92. The summed E-state index contributed by atoms with van der Waals surface area (Å²) in [6.45, 7) is 7.45. The molecule has 2 N–H and O–H groups in total. The van der Waals surface area contributed by atoms with Gasteiger partial charge in [-0.2, -0.15) is 0 Å². The zero-order valence-corrected chi connectivity index (χ0v) is 18.0. The first-order chi connectivity index (χ1) is 14.4. The summed E-state index contributed by atoms with van der Waals surface area (Å²) in [5, 5.41) is 5.77. The number of hydrogen-bond acceptors (Lipinski definition) is 4. The van der Waals surface area contributed by atoms with Crippen molar-refractivity contribution in [1.82, 2.24) is 4.90 Å². The largest absolute Gasteiger partial charge is 0.495 e. The third kappa shape index (κ3) is 6.07. The van der Waals surface area contributed by atoms with Crippen molar-refractivity contribution in [1.29, 1.82) is 0 Å². The summed E-state index contributed by atoms with van der Waals surface area (Å²) >= 11 is 0. The van der Waals surface area contributed by atoms with Crippen molar-refractivity contribution in [3.05, 3.63) is 54.1 Å². The number of rotatable bonds is 7. The van der Waals surface area contributed by atoms with Crippen molar-refractivity contribution < 1.29 is 14.3 Å². The summed E-state index contributed by atoms with van der Waals surface area (Å²) in [5.74, 6) is 1.74. The first-order valence-electron chi connectivity index (χ1n) is 10.5. The van der Waals surface area contributed by atoms with E-state index < -0.39 is 0 Å². The monoisotopic (exact) mass is 409 g/mol. The molecule has 6 nitrogen and oxygen atoms in total. The number of piperidine rings is 1. The molecule has 0 aromatic heterocycles. The predicted molar refractivity (Wildman–Crippen MR) is 120 cm³/mol. The van der Waals surface area contributed by atoms with E-state index in [2.05, 4.69) is 29.4 Å². The number of hydrogen-bond donors (Lipinski definition) is 2. The van der Waals surface area contributed by atoms with Crippen molar-refractivity contribution in [2.75, 3.05) is 37.4 Å². The SMILES string of the molecule is COc1ccccc1NC(=O)c1ccc(NC(=O)CCN2CC(C)CC(C)C2)cc1. The van der Waals surface area contributed by atoms with Crippen LogP contribution in [0.5, 0.6) is 5.75 Å². The summed E-state index contributed by atoms with van der Waals surface area (Å²) in [4.78, 5) is 27.2. The molecule has 1 aliphatic heterocycles. The van der Waals surface area contributed by atoms with Crippen LogP contribution in [0.15, 0.2) is 48.5 Å². The Morgan fingerprint density at radius 2 is 1.67 bits per heavy atom. The minimum Gasteiger partial charge on any atom is -0.495 e. The van der Waals surface area contributed by atoms with Crippen LogP contribution >= 0.6 is 0 Å². The Hall–Kier alpha value is -2.86. The van der Waals surface area contributed by atoms with Crippen LogP contribution < -0.4 is 15.4 Å². The zero-order valence-electron chi connectivity index (χ0n) is 18.0. The molecule has 6 heteroatoms. The van der Waals surface area contributed by atoms with Crippen LogP contribution in [0.1, 0.15) is 37.0 Å². The van der Waals surface area contributed by atoms with Gasteiger partial charge in [-0.1, -0.05) is 26.0 Å². The van der Waals surface area contributed by atoms with E-state index in [9.17, 15) is 9.59 Å². The lowest BCUT2D eigenvalue weighted by Crippen LogP contribution is -2.40. The summed E-state index contributed by atoms with van der Waals surface area (Å²) in [5.41, 5.74) is 1.81. The number of para-hydroxylation sites is 2. The molecule has 0 spiro atoms. The zero-order chi connectivity index (χ0) is 21.5. The molecule has 1 heterocycles. The highest BCUT2D eigenvalue weighted by molar-refractivity contribution is 6.05. The van der Waals surface area contributed by atoms with E-state index in [4.69, 9.17) is 4.74 Å². The average molecular weight is 410 g/mol. The van der Waals surface area contributed by atoms with E-state index in [-0.39, 0.29) is 11.8 Å². The van der Waals surface area contributed by atoms with Crippen molar-refractivity contribution in [3.8, 4) is 5.75 Å². The molecule has 2 aromatic carbocycles. The van der Waals surface area contributed by atoms with Crippen LogP contribution in [-0.4, -0.2) is 43.5 Å². The first-order valence-corrected chi connectivity index (χ1v) is 10.5. The van der Waals surface area contributed by atoms with Crippen molar-refractivity contribution >= 4 is 23.2 Å². The molecule has 0 saturated carbocycles. The van der Waals surface area contributed by atoms with Crippen LogP contribution in [0.3, 0.4) is 0 Å². The van der Waals surface area contributed by atoms with Gasteiger partial charge in [0.1, 0.15) is 5.75 Å². The number of anilines is 2. The second-order valence-corrected chi connectivity index (χ2v) is 8.24. The average Bonchev–Trinajstić information content (AvgIpc) is 2.72. The minimum atomic E-state index is -0.231. The third-order valence-electron chi connectivity index (χ3n) is 5.39. The van der Waals surface area contributed by atoms with E-state index in [0.29, 0.717) is 40.9 Å². The molecule has 2 aromatic rings. The number of likely N-dealkylation sites (tertiary alicyclic amines) is 1. The van der Waals surface area contributed by atoms with Gasteiger partial charge in [-0.15, -0.1) is 0 Å². The fourth-order valence-corrected chi connectivity index (χ4v) is 4.11. The maximum atomic E-state index is 12.5. The highest BCUT2D eigenvalue weighted by Gasteiger charge is 2.21. The van der Waals surface area contributed by atoms with E-state index in [1.54, 1.807) is 43.5 Å². The predicted octanol–water partition coefficient (Wildman–Crippen LogP) is 4.25. The van der Waals surface area contributed by atoms with Gasteiger partial charge in [-0.3, -0.25) is 9.59 Å². The number of benzene rings is 2. The smallest absolute Gasteiger partial charge is 0.255 e. The molecule has 1 fully saturated rings. The van der Waals surface area contributed by atoms with Gasteiger partial charge in [0.05, 0.1) is 12.8 Å². The highest BCUT2D eigenvalue weighted by atomic mass is 16.5. The van der Waals surface area contributed by atoms with Gasteiger partial charge >= 0.3 is 0 Å². The Bertz CT molecular complexity index is 856. The number of carbonyl (C=O) groups is 2. The Labute approximate surface area is 178 Å². The van der Waals surface area contributed by atoms with Crippen LogP contribution in [0, 0.1) is 11.8 Å². The molecule has 0 radical (unpaired) electrons. The van der Waals surface area contributed by atoms with Crippen LogP contribution in [0.25, 0.3) is 0 Å². The Morgan fingerprint density at radius 1 is 1.00 bits per heavy atom.